The van der Waals surface area contributed by atoms with Crippen molar-refractivity contribution >= 4 is 60.7 Å². The molecule has 0 radical (unpaired) electrons. The van der Waals surface area contributed by atoms with Gasteiger partial charge in [-0.05, 0) is 81.6 Å². The third-order valence-corrected chi connectivity index (χ3v) is 11.5. The molecule has 2 atom stereocenters. The second kappa shape index (κ2) is 12.1. The lowest BCUT2D eigenvalue weighted by molar-refractivity contribution is 0.668. The van der Waals surface area contributed by atoms with Gasteiger partial charge in [-0.3, -0.25) is 0 Å². The Labute approximate surface area is 321 Å². The van der Waals surface area contributed by atoms with Crippen molar-refractivity contribution in [1.29, 1.82) is 0 Å². The number of allylic oxidation sites excluding steroid dienone is 5. The van der Waals surface area contributed by atoms with Crippen LogP contribution in [-0.2, 0) is 0 Å². The molecular weight excluding hydrogens is 687 g/mol. The molecule has 5 heteroatoms. The van der Waals surface area contributed by atoms with Gasteiger partial charge in [0.2, 0.25) is 0 Å². The first kappa shape index (κ1) is 31.0. The Kier molecular flexibility index (Phi) is 6.69. The number of nitrogens with zero attached hydrogens (tertiary/aromatic N) is 3. The van der Waals surface area contributed by atoms with Crippen molar-refractivity contribution < 1.29 is 8.83 Å². The van der Waals surface area contributed by atoms with E-state index in [1.54, 1.807) is 0 Å². The summed E-state index contributed by atoms with van der Waals surface area (Å²) < 4.78 is 12.9. The lowest BCUT2D eigenvalue weighted by Crippen LogP contribution is -2.13. The van der Waals surface area contributed by atoms with Crippen LogP contribution in [0.5, 0.6) is 0 Å². The Morgan fingerprint density at radius 3 is 2.02 bits per heavy atom. The topological polar surface area (TPSA) is 65.0 Å². The molecule has 56 heavy (non-hydrogen) atoms. The Bertz CT molecular complexity index is 3340. The third kappa shape index (κ3) is 4.84. The molecule has 2 aliphatic carbocycles. The van der Waals surface area contributed by atoms with Crippen LogP contribution in [0.15, 0.2) is 179 Å². The van der Waals surface area contributed by atoms with Crippen molar-refractivity contribution in [3.8, 4) is 45.3 Å². The Morgan fingerprint density at radius 1 is 0.446 bits per heavy atom. The zero-order valence-corrected chi connectivity index (χ0v) is 30.1. The van der Waals surface area contributed by atoms with Crippen LogP contribution in [0, 0.1) is 5.92 Å². The van der Waals surface area contributed by atoms with E-state index in [1.165, 1.54) is 11.1 Å². The van der Waals surface area contributed by atoms with Gasteiger partial charge < -0.3 is 8.83 Å². The minimum Gasteiger partial charge on any atom is -0.456 e. The third-order valence-electron chi connectivity index (χ3n) is 11.5. The maximum absolute atomic E-state index is 6.51. The van der Waals surface area contributed by atoms with Crippen LogP contribution < -0.4 is 0 Å². The Balaban J connectivity index is 1.14. The summed E-state index contributed by atoms with van der Waals surface area (Å²) in [6, 6.07) is 48.4. The molecule has 10 aromatic rings. The summed E-state index contributed by atoms with van der Waals surface area (Å²) >= 11 is 0. The minimum absolute atomic E-state index is 0.276. The van der Waals surface area contributed by atoms with Gasteiger partial charge in [0.25, 0.3) is 0 Å². The molecule has 0 spiro atoms. The van der Waals surface area contributed by atoms with Crippen LogP contribution in [0.25, 0.3) is 106 Å². The van der Waals surface area contributed by atoms with E-state index < -0.39 is 0 Å². The van der Waals surface area contributed by atoms with Crippen LogP contribution in [-0.4, -0.2) is 15.0 Å². The molecule has 0 aliphatic heterocycles. The Hall–Kier alpha value is -7.37. The molecule has 0 amide bonds. The van der Waals surface area contributed by atoms with E-state index >= 15 is 0 Å². The predicted molar refractivity (Wildman–Crippen MR) is 227 cm³/mol. The molecule has 5 nitrogen and oxygen atoms in total. The van der Waals surface area contributed by atoms with Crippen LogP contribution >= 0.6 is 0 Å². The van der Waals surface area contributed by atoms with Crippen molar-refractivity contribution in [2.75, 3.05) is 0 Å². The van der Waals surface area contributed by atoms with Gasteiger partial charge in [0.05, 0.1) is 0 Å². The highest BCUT2D eigenvalue weighted by Gasteiger charge is 2.27. The van der Waals surface area contributed by atoms with E-state index in [2.05, 4.69) is 140 Å². The first-order valence-corrected chi connectivity index (χ1v) is 19.0. The molecule has 0 fully saturated rings. The number of hydrogen-bond acceptors (Lipinski definition) is 5. The summed E-state index contributed by atoms with van der Waals surface area (Å²) in [6.07, 6.45) is 13.5. The summed E-state index contributed by atoms with van der Waals surface area (Å²) in [4.78, 5) is 15.9. The number of hydrogen-bond donors (Lipinski definition) is 0. The Morgan fingerprint density at radius 2 is 1.12 bits per heavy atom. The van der Waals surface area contributed by atoms with Crippen molar-refractivity contribution in [3.63, 3.8) is 0 Å². The van der Waals surface area contributed by atoms with Gasteiger partial charge >= 0.3 is 0 Å². The zero-order chi connectivity index (χ0) is 36.7. The number of fused-ring (bicyclic) bond motifs is 10. The van der Waals surface area contributed by atoms with Crippen molar-refractivity contribution in [1.82, 2.24) is 15.0 Å². The van der Waals surface area contributed by atoms with Crippen LogP contribution in [0.4, 0.5) is 0 Å². The second-order valence-corrected chi connectivity index (χ2v) is 14.7. The van der Waals surface area contributed by atoms with Crippen molar-refractivity contribution in [2.24, 2.45) is 5.92 Å². The highest BCUT2D eigenvalue weighted by atomic mass is 16.3. The monoisotopic (exact) mass is 717 g/mol. The van der Waals surface area contributed by atoms with Crippen LogP contribution in [0.3, 0.4) is 0 Å². The summed E-state index contributed by atoms with van der Waals surface area (Å²) in [5, 5.41) is 6.40. The molecule has 0 bridgehead atoms. The van der Waals surface area contributed by atoms with Gasteiger partial charge in [-0.15, -0.1) is 0 Å². The molecule has 2 aliphatic rings. The smallest absolute Gasteiger partial charge is 0.165 e. The molecule has 0 saturated carbocycles. The van der Waals surface area contributed by atoms with E-state index in [1.807, 2.05) is 36.4 Å². The quantitative estimate of drug-likeness (QED) is 0.181. The first-order valence-electron chi connectivity index (χ1n) is 19.0. The van der Waals surface area contributed by atoms with Gasteiger partial charge in [0, 0.05) is 50.1 Å². The molecule has 0 saturated heterocycles. The first-order chi connectivity index (χ1) is 27.7. The largest absolute Gasteiger partial charge is 0.456 e. The van der Waals surface area contributed by atoms with E-state index in [-0.39, 0.29) is 5.92 Å². The molecule has 2 unspecified atom stereocenters. The molecule has 3 aromatic heterocycles. The fourth-order valence-electron chi connectivity index (χ4n) is 8.75. The molecule has 0 N–H and O–H groups in total. The van der Waals surface area contributed by atoms with Gasteiger partial charge in [-0.2, -0.15) is 0 Å². The molecule has 262 valence electrons. The molecular formula is C51H31N3O2. The predicted octanol–water partition coefficient (Wildman–Crippen LogP) is 13.3. The summed E-state index contributed by atoms with van der Waals surface area (Å²) in [7, 11) is 0. The van der Waals surface area contributed by atoms with Crippen LogP contribution in [0.1, 0.15) is 17.0 Å². The fourth-order valence-corrected chi connectivity index (χ4v) is 8.75. The normalized spacial score (nSPS) is 16.0. The molecule has 3 heterocycles. The van der Waals surface area contributed by atoms with Gasteiger partial charge in [-0.1, -0.05) is 127 Å². The van der Waals surface area contributed by atoms with Gasteiger partial charge in [-0.25, -0.2) is 15.0 Å². The number of benzene rings is 7. The SMILES string of the molecule is C1=CC2C=Cc3ccc(-c4ccc5oc6ccccc6c5c4-c4nc(-c5ccc6ccccc6c5)nc(-c5ccc6c(c5)oc5ccccc56)n4)cc3C2C=C1. The van der Waals surface area contributed by atoms with Gasteiger partial charge in [0.15, 0.2) is 17.5 Å². The average Bonchev–Trinajstić information content (AvgIpc) is 3.83. The maximum atomic E-state index is 6.51. The fraction of sp³-hybridized carbons (Fsp3) is 0.0392. The lowest BCUT2D eigenvalue weighted by Gasteiger charge is -2.28. The minimum atomic E-state index is 0.276. The average molecular weight is 718 g/mol. The van der Waals surface area contributed by atoms with Crippen LogP contribution in [0.2, 0.25) is 0 Å². The summed E-state index contributed by atoms with van der Waals surface area (Å²) in [6.45, 7) is 0. The number of para-hydroxylation sites is 2. The number of furan rings is 2. The van der Waals surface area contributed by atoms with Crippen molar-refractivity contribution in [2.45, 2.75) is 5.92 Å². The van der Waals surface area contributed by atoms with E-state index in [0.29, 0.717) is 23.4 Å². The van der Waals surface area contributed by atoms with Crippen molar-refractivity contribution in [3.05, 3.63) is 181 Å². The lowest BCUT2D eigenvalue weighted by atomic mass is 9.76. The maximum Gasteiger partial charge on any atom is 0.165 e. The highest BCUT2D eigenvalue weighted by Crippen LogP contribution is 2.45. The zero-order valence-electron chi connectivity index (χ0n) is 30.1. The summed E-state index contributed by atoms with van der Waals surface area (Å²) in [5.41, 5.74) is 10.6. The molecule has 12 rings (SSSR count). The highest BCUT2D eigenvalue weighted by molar-refractivity contribution is 6.15. The van der Waals surface area contributed by atoms with E-state index in [0.717, 1.165) is 82.5 Å². The number of rotatable bonds is 4. The standard InChI is InChI=1S/C51H31N3O2/c1-2-11-33-27-35(22-17-30(33)9-1)49-52-50(36-23-24-40-39-13-5-7-15-43(39)56-46(40)29-36)54-51(53-49)48-38(25-26-45-47(48)41-14-6-8-16-44(41)55-45)34-21-20-32-19-18-31-10-3-4-12-37(31)42(32)28-34/h1-29,31,37H. The van der Waals surface area contributed by atoms with Gasteiger partial charge in [0.1, 0.15) is 22.3 Å². The van der Waals surface area contributed by atoms with E-state index in [9.17, 15) is 0 Å². The number of aromatic nitrogens is 3. The van der Waals surface area contributed by atoms with E-state index in [4.69, 9.17) is 23.8 Å². The summed E-state index contributed by atoms with van der Waals surface area (Å²) in [5.74, 6) is 2.34. The second-order valence-electron chi connectivity index (χ2n) is 14.7. The molecule has 7 aromatic carbocycles.